The smallest absolute Gasteiger partial charge is 0.326 e. The molecule has 1 saturated heterocycles. The molecule has 24 heavy (non-hydrogen) atoms. The Hall–Kier alpha value is -2.41. The lowest BCUT2D eigenvalue weighted by molar-refractivity contribution is -0.155. The van der Waals surface area contributed by atoms with Crippen molar-refractivity contribution in [3.05, 3.63) is 35.9 Å². The lowest BCUT2D eigenvalue weighted by Gasteiger charge is -2.39. The second-order valence-electron chi connectivity index (χ2n) is 6.00. The fourth-order valence-corrected chi connectivity index (χ4v) is 2.47. The van der Waals surface area contributed by atoms with Crippen molar-refractivity contribution in [1.29, 1.82) is 0 Å². The molecule has 7 heteroatoms. The highest BCUT2D eigenvalue weighted by Gasteiger charge is 2.37. The Morgan fingerprint density at radius 3 is 2.50 bits per heavy atom. The minimum atomic E-state index is -1.04. The van der Waals surface area contributed by atoms with Crippen LogP contribution in [0, 0.1) is 5.92 Å². The van der Waals surface area contributed by atoms with Gasteiger partial charge in [-0.3, -0.25) is 14.5 Å². The fourth-order valence-electron chi connectivity index (χ4n) is 2.47. The van der Waals surface area contributed by atoms with E-state index in [2.05, 4.69) is 0 Å². The third-order valence-electron chi connectivity index (χ3n) is 4.19. The van der Waals surface area contributed by atoms with Crippen LogP contribution in [0.15, 0.2) is 30.3 Å². The number of carbonyl (C=O) groups is 3. The van der Waals surface area contributed by atoms with E-state index in [0.29, 0.717) is 13.1 Å². The summed E-state index contributed by atoms with van der Waals surface area (Å²) in [6.45, 7) is 2.72. The number of benzene rings is 1. The second kappa shape index (κ2) is 7.92. The van der Waals surface area contributed by atoms with Crippen molar-refractivity contribution in [2.24, 2.45) is 5.92 Å². The third-order valence-corrected chi connectivity index (χ3v) is 4.19. The van der Waals surface area contributed by atoms with Crippen LogP contribution in [0.3, 0.4) is 0 Å². The summed E-state index contributed by atoms with van der Waals surface area (Å²) < 4.78 is 5.19. The Bertz CT molecular complexity index is 598. The Morgan fingerprint density at radius 1 is 1.29 bits per heavy atom. The predicted octanol–water partition coefficient (Wildman–Crippen LogP) is 0.593. The summed E-state index contributed by atoms with van der Waals surface area (Å²) in [6, 6.07) is 8.55. The van der Waals surface area contributed by atoms with Crippen LogP contribution in [-0.4, -0.2) is 65.5 Å². The highest BCUT2D eigenvalue weighted by atomic mass is 16.5. The maximum atomic E-state index is 12.1. The zero-order valence-corrected chi connectivity index (χ0v) is 13.8. The summed E-state index contributed by atoms with van der Waals surface area (Å²) in [5.74, 6) is -1.85. The van der Waals surface area contributed by atoms with Crippen molar-refractivity contribution >= 4 is 17.8 Å². The van der Waals surface area contributed by atoms with Gasteiger partial charge in [-0.05, 0) is 12.5 Å². The number of ether oxygens (including phenoxy) is 1. The van der Waals surface area contributed by atoms with Crippen LogP contribution in [0.5, 0.6) is 0 Å². The van der Waals surface area contributed by atoms with Gasteiger partial charge in [-0.1, -0.05) is 30.3 Å². The topological polar surface area (TPSA) is 87.2 Å². The molecule has 1 aliphatic heterocycles. The number of nitrogens with zero attached hydrogens (tertiary/aromatic N) is 2. The molecule has 7 nitrogen and oxygen atoms in total. The molecule has 0 aliphatic carbocycles. The van der Waals surface area contributed by atoms with Gasteiger partial charge >= 0.3 is 11.9 Å². The molecular weight excluding hydrogens is 312 g/mol. The molecule has 1 aliphatic rings. The van der Waals surface area contributed by atoms with Crippen LogP contribution >= 0.6 is 0 Å². The largest absolute Gasteiger partial charge is 0.480 e. The highest BCUT2D eigenvalue weighted by Crippen LogP contribution is 2.18. The van der Waals surface area contributed by atoms with Crippen molar-refractivity contribution in [1.82, 2.24) is 9.80 Å². The SMILES string of the molecule is CC(C(=O)O)N(C)C(=O)C1CN(CC(=O)OCc2ccccc2)C1. The van der Waals surface area contributed by atoms with Crippen molar-refractivity contribution in [2.45, 2.75) is 19.6 Å². The quantitative estimate of drug-likeness (QED) is 0.735. The van der Waals surface area contributed by atoms with Gasteiger partial charge in [-0.25, -0.2) is 4.79 Å². The van der Waals surface area contributed by atoms with E-state index in [1.165, 1.54) is 18.9 Å². The average molecular weight is 334 g/mol. The fraction of sp³-hybridized carbons (Fsp3) is 0.471. The number of amides is 1. The number of carbonyl (C=O) groups excluding carboxylic acids is 2. The zero-order valence-electron chi connectivity index (χ0n) is 13.8. The van der Waals surface area contributed by atoms with Gasteiger partial charge < -0.3 is 14.7 Å². The van der Waals surface area contributed by atoms with E-state index < -0.39 is 12.0 Å². The molecule has 2 rings (SSSR count). The van der Waals surface area contributed by atoms with E-state index >= 15 is 0 Å². The molecule has 1 aromatic carbocycles. The summed E-state index contributed by atoms with van der Waals surface area (Å²) in [5, 5.41) is 8.93. The van der Waals surface area contributed by atoms with E-state index in [1.54, 1.807) is 0 Å². The molecule has 0 bridgehead atoms. The Kier molecular flexibility index (Phi) is 5.92. The number of likely N-dealkylation sites (N-methyl/N-ethyl adjacent to an activating group) is 1. The van der Waals surface area contributed by atoms with Gasteiger partial charge in [0.15, 0.2) is 0 Å². The molecule has 1 unspecified atom stereocenters. The van der Waals surface area contributed by atoms with E-state index in [9.17, 15) is 14.4 Å². The number of hydrogen-bond donors (Lipinski definition) is 1. The normalized spacial score (nSPS) is 16.1. The van der Waals surface area contributed by atoms with Crippen molar-refractivity contribution in [3.63, 3.8) is 0 Å². The molecule has 0 radical (unpaired) electrons. The van der Waals surface area contributed by atoms with Crippen LogP contribution in [0.25, 0.3) is 0 Å². The molecule has 1 fully saturated rings. The number of rotatable bonds is 7. The highest BCUT2D eigenvalue weighted by molar-refractivity contribution is 5.85. The van der Waals surface area contributed by atoms with Crippen molar-refractivity contribution in [3.8, 4) is 0 Å². The minimum absolute atomic E-state index is 0.134. The Labute approximate surface area is 140 Å². The number of carboxylic acids is 1. The summed E-state index contributed by atoms with van der Waals surface area (Å²) in [4.78, 5) is 37.9. The summed E-state index contributed by atoms with van der Waals surface area (Å²) >= 11 is 0. The molecule has 130 valence electrons. The monoisotopic (exact) mass is 334 g/mol. The second-order valence-corrected chi connectivity index (χ2v) is 6.00. The van der Waals surface area contributed by atoms with Gasteiger partial charge in [-0.2, -0.15) is 0 Å². The lowest BCUT2D eigenvalue weighted by atomic mass is 9.98. The first-order valence-corrected chi connectivity index (χ1v) is 7.80. The molecule has 1 heterocycles. The van der Waals surface area contributed by atoms with Crippen molar-refractivity contribution in [2.75, 3.05) is 26.7 Å². The van der Waals surface area contributed by atoms with Crippen LogP contribution in [-0.2, 0) is 25.7 Å². The minimum Gasteiger partial charge on any atom is -0.480 e. The van der Waals surface area contributed by atoms with E-state index in [-0.39, 0.29) is 30.9 Å². The summed E-state index contributed by atoms with van der Waals surface area (Å²) in [5.41, 5.74) is 0.923. The average Bonchev–Trinajstić information content (AvgIpc) is 2.54. The Balaban J connectivity index is 1.69. The lowest BCUT2D eigenvalue weighted by Crippen LogP contribution is -2.57. The van der Waals surface area contributed by atoms with Crippen LogP contribution in [0.1, 0.15) is 12.5 Å². The zero-order chi connectivity index (χ0) is 17.7. The molecule has 0 aromatic heterocycles. The summed E-state index contributed by atoms with van der Waals surface area (Å²) in [6.07, 6.45) is 0. The first-order chi connectivity index (χ1) is 11.4. The Morgan fingerprint density at radius 2 is 1.92 bits per heavy atom. The van der Waals surface area contributed by atoms with Gasteiger partial charge in [0.1, 0.15) is 12.6 Å². The summed E-state index contributed by atoms with van der Waals surface area (Å²) in [7, 11) is 1.48. The maximum absolute atomic E-state index is 12.1. The standard InChI is InChI=1S/C17H22N2O5/c1-12(17(22)23)18(2)16(21)14-8-19(9-14)10-15(20)24-11-13-6-4-3-5-7-13/h3-7,12,14H,8-11H2,1-2H3,(H,22,23). The van der Waals surface area contributed by atoms with Gasteiger partial charge in [-0.15, -0.1) is 0 Å². The first kappa shape index (κ1) is 17.9. The number of aliphatic carboxylic acids is 1. The first-order valence-electron chi connectivity index (χ1n) is 7.80. The molecule has 1 atom stereocenters. The van der Waals surface area contributed by atoms with Crippen molar-refractivity contribution < 1.29 is 24.2 Å². The van der Waals surface area contributed by atoms with Gasteiger partial charge in [0, 0.05) is 20.1 Å². The van der Waals surface area contributed by atoms with Gasteiger partial charge in [0.2, 0.25) is 5.91 Å². The van der Waals surface area contributed by atoms with Crippen LogP contribution in [0.4, 0.5) is 0 Å². The number of esters is 1. The van der Waals surface area contributed by atoms with E-state index in [1.807, 2.05) is 35.2 Å². The van der Waals surface area contributed by atoms with Crippen LogP contribution in [0.2, 0.25) is 0 Å². The predicted molar refractivity (Wildman–Crippen MR) is 86.0 cm³/mol. The molecular formula is C17H22N2O5. The number of likely N-dealkylation sites (tertiary alicyclic amines) is 1. The molecule has 1 amide bonds. The van der Waals surface area contributed by atoms with Gasteiger partial charge in [0.05, 0.1) is 12.5 Å². The molecule has 0 saturated carbocycles. The van der Waals surface area contributed by atoms with E-state index in [4.69, 9.17) is 9.84 Å². The number of carboxylic acid groups (broad SMARTS) is 1. The van der Waals surface area contributed by atoms with E-state index in [0.717, 1.165) is 5.56 Å². The molecule has 1 N–H and O–H groups in total. The van der Waals surface area contributed by atoms with Gasteiger partial charge in [0.25, 0.3) is 0 Å². The third kappa shape index (κ3) is 4.55. The number of hydrogen-bond acceptors (Lipinski definition) is 5. The van der Waals surface area contributed by atoms with Crippen LogP contribution < -0.4 is 0 Å². The maximum Gasteiger partial charge on any atom is 0.326 e. The molecule has 0 spiro atoms. The molecule has 1 aromatic rings.